The first kappa shape index (κ1) is 17.2. The van der Waals surface area contributed by atoms with Crippen molar-refractivity contribution in [2.24, 2.45) is 11.8 Å². The molecular weight excluding hydrogens is 308 g/mol. The van der Waals surface area contributed by atoms with Gasteiger partial charge in [-0.1, -0.05) is 32.8 Å². The van der Waals surface area contributed by atoms with Crippen LogP contribution in [-0.2, 0) is 0 Å². The van der Waals surface area contributed by atoms with Crippen molar-refractivity contribution in [1.82, 2.24) is 16.2 Å². The van der Waals surface area contributed by atoms with Gasteiger partial charge in [0.05, 0.1) is 11.6 Å². The van der Waals surface area contributed by atoms with Gasteiger partial charge < -0.3 is 5.32 Å². The quantitative estimate of drug-likeness (QED) is 0.574. The molecule has 1 amide bonds. The number of hydrazine groups is 1. The molecule has 1 aromatic carbocycles. The Bertz CT molecular complexity index is 625. The van der Waals surface area contributed by atoms with E-state index < -0.39 is 0 Å². The maximum Gasteiger partial charge on any atom is 0.269 e. The van der Waals surface area contributed by atoms with E-state index in [0.29, 0.717) is 34.1 Å². The summed E-state index contributed by atoms with van der Waals surface area (Å²) in [5, 5.41) is 12.6. The van der Waals surface area contributed by atoms with E-state index in [2.05, 4.69) is 30.0 Å². The van der Waals surface area contributed by atoms with Crippen molar-refractivity contribution in [3.05, 3.63) is 35.4 Å². The van der Waals surface area contributed by atoms with Crippen molar-refractivity contribution in [3.8, 4) is 6.07 Å². The molecule has 0 aromatic heterocycles. The Kier molecular flexibility index (Phi) is 5.94. The third-order valence-corrected chi connectivity index (χ3v) is 4.79. The highest BCUT2D eigenvalue weighted by Gasteiger charge is 2.27. The summed E-state index contributed by atoms with van der Waals surface area (Å²) in [6.07, 6.45) is 3.54. The van der Waals surface area contributed by atoms with Crippen LogP contribution in [0.25, 0.3) is 0 Å². The number of carbonyl (C=O) groups is 1. The molecule has 2 rings (SSSR count). The van der Waals surface area contributed by atoms with E-state index >= 15 is 0 Å². The number of carbonyl (C=O) groups excluding carboxylic acids is 1. The Balaban J connectivity index is 1.84. The number of rotatable bonds is 2. The zero-order valence-corrected chi connectivity index (χ0v) is 14.2. The number of hydrogen-bond donors (Lipinski definition) is 3. The lowest BCUT2D eigenvalue weighted by Crippen LogP contribution is -2.52. The number of benzene rings is 1. The van der Waals surface area contributed by atoms with Gasteiger partial charge in [-0.15, -0.1) is 0 Å². The zero-order chi connectivity index (χ0) is 16.8. The van der Waals surface area contributed by atoms with Crippen molar-refractivity contribution in [2.45, 2.75) is 39.2 Å². The molecule has 6 heteroatoms. The van der Waals surface area contributed by atoms with E-state index in [1.165, 1.54) is 12.8 Å². The Morgan fingerprint density at radius 1 is 1.30 bits per heavy atom. The number of thiocarbonyl (C=S) groups is 1. The average molecular weight is 330 g/mol. The van der Waals surface area contributed by atoms with E-state index in [9.17, 15) is 4.79 Å². The highest BCUT2D eigenvalue weighted by Crippen LogP contribution is 2.29. The molecule has 5 nitrogen and oxygen atoms in total. The predicted molar refractivity (Wildman–Crippen MR) is 93.5 cm³/mol. The summed E-state index contributed by atoms with van der Waals surface area (Å²) in [5.74, 6) is 0.898. The SMILES string of the molecule is C[C@@H]1[C@H](C)CCC[C@H]1NC(=S)NNC(=O)c1cccc(C#N)c1. The van der Waals surface area contributed by atoms with Crippen LogP contribution >= 0.6 is 12.2 Å². The third-order valence-electron chi connectivity index (χ3n) is 4.57. The number of nitriles is 1. The molecule has 1 fully saturated rings. The van der Waals surface area contributed by atoms with Gasteiger partial charge in [-0.3, -0.25) is 15.6 Å². The smallest absolute Gasteiger partial charge is 0.269 e. The molecule has 1 aromatic rings. The second-order valence-electron chi connectivity index (χ2n) is 6.12. The molecular formula is C17H22N4OS. The molecule has 1 aliphatic rings. The van der Waals surface area contributed by atoms with Crippen molar-refractivity contribution in [1.29, 1.82) is 5.26 Å². The van der Waals surface area contributed by atoms with E-state index in [0.717, 1.165) is 6.42 Å². The number of nitrogens with zero attached hydrogens (tertiary/aromatic N) is 1. The van der Waals surface area contributed by atoms with Crippen LogP contribution in [0.1, 0.15) is 49.0 Å². The highest BCUT2D eigenvalue weighted by atomic mass is 32.1. The van der Waals surface area contributed by atoms with E-state index in [4.69, 9.17) is 17.5 Å². The van der Waals surface area contributed by atoms with E-state index in [-0.39, 0.29) is 5.91 Å². The summed E-state index contributed by atoms with van der Waals surface area (Å²) in [7, 11) is 0. The third kappa shape index (κ3) is 4.67. The largest absolute Gasteiger partial charge is 0.358 e. The molecule has 0 spiro atoms. The Labute approximate surface area is 142 Å². The lowest BCUT2D eigenvalue weighted by Gasteiger charge is -2.35. The first-order valence-electron chi connectivity index (χ1n) is 7.88. The molecule has 0 radical (unpaired) electrons. The van der Waals surface area contributed by atoms with Gasteiger partial charge in [0.1, 0.15) is 0 Å². The molecule has 1 saturated carbocycles. The van der Waals surface area contributed by atoms with Gasteiger partial charge in [0.25, 0.3) is 5.91 Å². The standard InChI is InChI=1S/C17H22N4OS/c1-11-5-3-8-15(12(11)2)19-17(23)21-20-16(22)14-7-4-6-13(9-14)10-18/h4,6-7,9,11-12,15H,3,5,8H2,1-2H3,(H,20,22)(H2,19,21,23)/t11-,12-,15-/m1/s1. The van der Waals surface area contributed by atoms with Crippen LogP contribution in [0.2, 0.25) is 0 Å². The molecule has 0 saturated heterocycles. The minimum Gasteiger partial charge on any atom is -0.358 e. The van der Waals surface area contributed by atoms with Crippen LogP contribution < -0.4 is 16.2 Å². The summed E-state index contributed by atoms with van der Waals surface area (Å²) in [6.45, 7) is 4.50. The van der Waals surface area contributed by atoms with Crippen molar-refractivity contribution < 1.29 is 4.79 Å². The normalized spacial score (nSPS) is 23.4. The summed E-state index contributed by atoms with van der Waals surface area (Å²) < 4.78 is 0. The number of nitrogens with one attached hydrogen (secondary N) is 3. The fourth-order valence-corrected chi connectivity index (χ4v) is 3.11. The van der Waals surface area contributed by atoms with Crippen LogP contribution in [0.3, 0.4) is 0 Å². The molecule has 3 atom stereocenters. The average Bonchev–Trinajstić information content (AvgIpc) is 2.57. The fraction of sp³-hybridized carbons (Fsp3) is 0.471. The van der Waals surface area contributed by atoms with E-state index in [1.54, 1.807) is 24.3 Å². The van der Waals surface area contributed by atoms with Gasteiger partial charge in [-0.2, -0.15) is 5.26 Å². The number of amides is 1. The molecule has 0 bridgehead atoms. The summed E-state index contributed by atoms with van der Waals surface area (Å²) in [5.41, 5.74) is 6.17. The second kappa shape index (κ2) is 7.93. The Morgan fingerprint density at radius 3 is 2.83 bits per heavy atom. The summed E-state index contributed by atoms with van der Waals surface area (Å²) in [6, 6.07) is 8.87. The maximum atomic E-state index is 12.1. The minimum atomic E-state index is -0.323. The van der Waals surface area contributed by atoms with Crippen molar-refractivity contribution >= 4 is 23.2 Å². The van der Waals surface area contributed by atoms with Crippen LogP contribution in [0, 0.1) is 23.2 Å². The van der Waals surface area contributed by atoms with Gasteiger partial charge in [0, 0.05) is 11.6 Å². The first-order valence-corrected chi connectivity index (χ1v) is 8.29. The molecule has 3 N–H and O–H groups in total. The molecule has 1 aliphatic carbocycles. The van der Waals surface area contributed by atoms with Gasteiger partial charge in [0.2, 0.25) is 0 Å². The van der Waals surface area contributed by atoms with Crippen molar-refractivity contribution in [2.75, 3.05) is 0 Å². The summed E-state index contributed by atoms with van der Waals surface area (Å²) >= 11 is 5.25. The van der Waals surface area contributed by atoms with Crippen molar-refractivity contribution in [3.63, 3.8) is 0 Å². The zero-order valence-electron chi connectivity index (χ0n) is 13.4. The first-order chi connectivity index (χ1) is 11.0. The Morgan fingerprint density at radius 2 is 2.09 bits per heavy atom. The predicted octanol–water partition coefficient (Wildman–Crippen LogP) is 2.49. The monoisotopic (exact) mass is 330 g/mol. The highest BCUT2D eigenvalue weighted by molar-refractivity contribution is 7.80. The van der Waals surface area contributed by atoms with Crippen LogP contribution in [0.15, 0.2) is 24.3 Å². The van der Waals surface area contributed by atoms with Gasteiger partial charge in [0.15, 0.2) is 5.11 Å². The second-order valence-corrected chi connectivity index (χ2v) is 6.53. The maximum absolute atomic E-state index is 12.1. The lowest BCUT2D eigenvalue weighted by atomic mass is 9.78. The van der Waals surface area contributed by atoms with Gasteiger partial charge in [-0.05, 0) is 48.7 Å². The molecule has 0 heterocycles. The van der Waals surface area contributed by atoms with E-state index in [1.807, 2.05) is 6.07 Å². The van der Waals surface area contributed by atoms with Crippen LogP contribution in [-0.4, -0.2) is 17.1 Å². The lowest BCUT2D eigenvalue weighted by molar-refractivity contribution is 0.0943. The van der Waals surface area contributed by atoms with Gasteiger partial charge in [-0.25, -0.2) is 0 Å². The molecule has 0 unspecified atom stereocenters. The molecule has 122 valence electrons. The minimum absolute atomic E-state index is 0.323. The van der Waals surface area contributed by atoms with Crippen LogP contribution in [0.5, 0.6) is 0 Å². The molecule has 0 aliphatic heterocycles. The summed E-state index contributed by atoms with van der Waals surface area (Å²) in [4.78, 5) is 12.1. The fourth-order valence-electron chi connectivity index (χ4n) is 2.91. The Hall–Kier alpha value is -2.13. The van der Waals surface area contributed by atoms with Crippen LogP contribution in [0.4, 0.5) is 0 Å². The topological polar surface area (TPSA) is 76.9 Å². The van der Waals surface area contributed by atoms with Gasteiger partial charge >= 0.3 is 0 Å². The molecule has 23 heavy (non-hydrogen) atoms. The number of hydrogen-bond acceptors (Lipinski definition) is 3.